The Morgan fingerprint density at radius 1 is 1.04 bits per heavy atom. The average molecular weight is 329 g/mol. The fourth-order valence-corrected chi connectivity index (χ4v) is 2.26. The second-order valence-corrected chi connectivity index (χ2v) is 5.08. The number of benzene rings is 1. The Labute approximate surface area is 137 Å². The number of hydrogen-bond acceptors (Lipinski definition) is 5. The second kappa shape index (κ2) is 7.07. The summed E-state index contributed by atoms with van der Waals surface area (Å²) in [6.07, 6.45) is 3.21. The van der Waals surface area contributed by atoms with E-state index in [9.17, 15) is 4.79 Å². The minimum absolute atomic E-state index is 0.107. The fraction of sp³-hybridized carbons (Fsp3) is 0.118. The molecule has 3 aromatic rings. The summed E-state index contributed by atoms with van der Waals surface area (Å²) in [6.45, 7) is 0.299. The molecule has 0 aliphatic carbocycles. The summed E-state index contributed by atoms with van der Waals surface area (Å²) in [5, 5.41) is 2.05. The highest BCUT2D eigenvalue weighted by molar-refractivity contribution is 6.29. The highest BCUT2D eigenvalue weighted by Crippen LogP contribution is 2.17. The number of fused-ring (bicyclic) bond motifs is 1. The van der Waals surface area contributed by atoms with Crippen LogP contribution in [0.25, 0.3) is 10.8 Å². The summed E-state index contributed by atoms with van der Waals surface area (Å²) in [7, 11) is 0. The van der Waals surface area contributed by atoms with E-state index in [0.29, 0.717) is 16.6 Å². The normalized spacial score (nSPS) is 10.5. The van der Waals surface area contributed by atoms with Crippen molar-refractivity contribution in [3.05, 3.63) is 65.6 Å². The van der Waals surface area contributed by atoms with E-state index in [1.54, 1.807) is 24.4 Å². The van der Waals surface area contributed by atoms with Gasteiger partial charge in [-0.05, 0) is 11.5 Å². The molecular formula is C17H13ClN2O3. The Kier molecular flexibility index (Phi) is 4.68. The lowest BCUT2D eigenvalue weighted by Crippen LogP contribution is -2.13. The van der Waals surface area contributed by atoms with Crippen LogP contribution in [-0.4, -0.2) is 29.2 Å². The van der Waals surface area contributed by atoms with Crippen LogP contribution in [0.1, 0.15) is 10.4 Å². The van der Waals surface area contributed by atoms with Crippen molar-refractivity contribution in [1.82, 2.24) is 9.97 Å². The predicted molar refractivity (Wildman–Crippen MR) is 86.8 cm³/mol. The molecule has 0 aliphatic rings. The van der Waals surface area contributed by atoms with Crippen LogP contribution in [0.5, 0.6) is 5.88 Å². The first-order valence-corrected chi connectivity index (χ1v) is 7.37. The van der Waals surface area contributed by atoms with Gasteiger partial charge in [0.25, 0.3) is 0 Å². The molecule has 23 heavy (non-hydrogen) atoms. The number of nitrogens with zero attached hydrogens (tertiary/aromatic N) is 2. The van der Waals surface area contributed by atoms with E-state index in [1.165, 1.54) is 6.20 Å². The molecule has 0 spiro atoms. The number of pyridine rings is 2. The van der Waals surface area contributed by atoms with Gasteiger partial charge in [0.2, 0.25) is 5.88 Å². The number of halogens is 1. The molecule has 1 aromatic carbocycles. The SMILES string of the molecule is O=C(OCCOc1cccc(Cl)n1)c1cncc2ccccc12. The summed E-state index contributed by atoms with van der Waals surface area (Å²) in [4.78, 5) is 20.2. The minimum Gasteiger partial charge on any atom is -0.474 e. The Hall–Kier alpha value is -2.66. The monoisotopic (exact) mass is 328 g/mol. The number of hydrogen-bond donors (Lipinski definition) is 0. The van der Waals surface area contributed by atoms with E-state index in [-0.39, 0.29) is 13.2 Å². The van der Waals surface area contributed by atoms with Crippen molar-refractivity contribution in [2.75, 3.05) is 13.2 Å². The zero-order valence-electron chi connectivity index (χ0n) is 12.1. The van der Waals surface area contributed by atoms with Crippen LogP contribution in [0.3, 0.4) is 0 Å². The highest BCUT2D eigenvalue weighted by Gasteiger charge is 2.11. The molecule has 0 aliphatic heterocycles. The van der Waals surface area contributed by atoms with Crippen LogP contribution >= 0.6 is 11.6 Å². The first kappa shape index (κ1) is 15.2. The lowest BCUT2D eigenvalue weighted by molar-refractivity contribution is 0.0449. The number of ether oxygens (including phenoxy) is 2. The third-order valence-corrected chi connectivity index (χ3v) is 3.35. The lowest BCUT2D eigenvalue weighted by atomic mass is 10.1. The van der Waals surface area contributed by atoms with Crippen molar-refractivity contribution in [3.8, 4) is 5.88 Å². The molecule has 2 heterocycles. The molecule has 3 rings (SSSR count). The fourth-order valence-electron chi connectivity index (χ4n) is 2.11. The number of carbonyl (C=O) groups is 1. The minimum atomic E-state index is -0.433. The van der Waals surface area contributed by atoms with E-state index < -0.39 is 5.97 Å². The molecule has 0 radical (unpaired) electrons. The van der Waals surface area contributed by atoms with Gasteiger partial charge in [-0.25, -0.2) is 9.78 Å². The molecular weight excluding hydrogens is 316 g/mol. The molecule has 0 atom stereocenters. The third-order valence-electron chi connectivity index (χ3n) is 3.14. The summed E-state index contributed by atoms with van der Waals surface area (Å²) < 4.78 is 10.6. The van der Waals surface area contributed by atoms with Crippen LogP contribution < -0.4 is 4.74 Å². The largest absolute Gasteiger partial charge is 0.474 e. The van der Waals surface area contributed by atoms with Crippen molar-refractivity contribution in [2.45, 2.75) is 0 Å². The smallest absolute Gasteiger partial charge is 0.340 e. The van der Waals surface area contributed by atoms with Crippen molar-refractivity contribution >= 4 is 28.3 Å². The van der Waals surface area contributed by atoms with E-state index in [1.807, 2.05) is 24.3 Å². The third kappa shape index (κ3) is 3.76. The van der Waals surface area contributed by atoms with E-state index in [4.69, 9.17) is 21.1 Å². The van der Waals surface area contributed by atoms with Gasteiger partial charge in [0.1, 0.15) is 18.4 Å². The molecule has 0 fully saturated rings. The van der Waals surface area contributed by atoms with Gasteiger partial charge < -0.3 is 9.47 Å². The van der Waals surface area contributed by atoms with Crippen LogP contribution in [-0.2, 0) is 4.74 Å². The molecule has 0 saturated heterocycles. The van der Waals surface area contributed by atoms with Gasteiger partial charge >= 0.3 is 5.97 Å². The van der Waals surface area contributed by atoms with E-state index in [2.05, 4.69) is 9.97 Å². The van der Waals surface area contributed by atoms with Crippen molar-refractivity contribution in [3.63, 3.8) is 0 Å². The molecule has 2 aromatic heterocycles. The topological polar surface area (TPSA) is 61.3 Å². The Morgan fingerprint density at radius 2 is 1.91 bits per heavy atom. The van der Waals surface area contributed by atoms with Gasteiger partial charge in [-0.1, -0.05) is 41.9 Å². The summed E-state index contributed by atoms with van der Waals surface area (Å²) in [5.74, 6) is -0.0441. The lowest BCUT2D eigenvalue weighted by Gasteiger charge is -2.08. The standard InChI is InChI=1S/C17H13ClN2O3/c18-15-6-3-7-16(20-15)22-8-9-23-17(21)14-11-19-10-12-4-1-2-5-13(12)14/h1-7,10-11H,8-9H2. The van der Waals surface area contributed by atoms with Crippen LogP contribution in [0.4, 0.5) is 0 Å². The van der Waals surface area contributed by atoms with Crippen LogP contribution in [0.2, 0.25) is 5.15 Å². The molecule has 116 valence electrons. The first-order chi connectivity index (χ1) is 11.2. The van der Waals surface area contributed by atoms with Gasteiger partial charge in [-0.15, -0.1) is 0 Å². The first-order valence-electron chi connectivity index (χ1n) is 6.99. The Bertz CT molecular complexity index is 833. The molecule has 6 heteroatoms. The molecule has 5 nitrogen and oxygen atoms in total. The quantitative estimate of drug-likeness (QED) is 0.407. The number of rotatable bonds is 5. The molecule has 0 amide bonds. The van der Waals surface area contributed by atoms with Gasteiger partial charge in [0.05, 0.1) is 5.56 Å². The van der Waals surface area contributed by atoms with E-state index in [0.717, 1.165) is 10.8 Å². The van der Waals surface area contributed by atoms with Crippen LogP contribution in [0, 0.1) is 0 Å². The maximum Gasteiger partial charge on any atom is 0.340 e. The zero-order chi connectivity index (χ0) is 16.1. The Balaban J connectivity index is 1.59. The van der Waals surface area contributed by atoms with Crippen molar-refractivity contribution in [1.29, 1.82) is 0 Å². The van der Waals surface area contributed by atoms with Gasteiger partial charge in [0, 0.05) is 23.8 Å². The summed E-state index contributed by atoms with van der Waals surface area (Å²) in [5.41, 5.74) is 0.434. The molecule has 0 unspecified atom stereocenters. The number of carbonyl (C=O) groups excluding carboxylic acids is 1. The molecule has 0 bridgehead atoms. The zero-order valence-corrected chi connectivity index (χ0v) is 12.9. The van der Waals surface area contributed by atoms with Crippen molar-refractivity contribution < 1.29 is 14.3 Å². The Morgan fingerprint density at radius 3 is 2.78 bits per heavy atom. The maximum atomic E-state index is 12.2. The average Bonchev–Trinajstić information content (AvgIpc) is 2.58. The highest BCUT2D eigenvalue weighted by atomic mass is 35.5. The summed E-state index contributed by atoms with van der Waals surface area (Å²) >= 11 is 5.76. The van der Waals surface area contributed by atoms with E-state index >= 15 is 0 Å². The number of aromatic nitrogens is 2. The van der Waals surface area contributed by atoms with Crippen LogP contribution in [0.15, 0.2) is 54.9 Å². The van der Waals surface area contributed by atoms with Gasteiger partial charge in [0.15, 0.2) is 0 Å². The predicted octanol–water partition coefficient (Wildman–Crippen LogP) is 3.52. The maximum absolute atomic E-state index is 12.2. The molecule has 0 N–H and O–H groups in total. The second-order valence-electron chi connectivity index (χ2n) is 4.69. The van der Waals surface area contributed by atoms with Crippen molar-refractivity contribution in [2.24, 2.45) is 0 Å². The van der Waals surface area contributed by atoms with Gasteiger partial charge in [-0.2, -0.15) is 0 Å². The van der Waals surface area contributed by atoms with Gasteiger partial charge in [-0.3, -0.25) is 4.98 Å². The summed E-state index contributed by atoms with van der Waals surface area (Å²) in [6, 6.07) is 12.6. The molecule has 0 saturated carbocycles. The number of esters is 1.